The summed E-state index contributed by atoms with van der Waals surface area (Å²) in [4.78, 5) is 30.2. The Labute approximate surface area is 215 Å². The Balaban J connectivity index is 1.71. The first-order valence-corrected chi connectivity index (χ1v) is 12.1. The average molecular weight is 505 g/mol. The molecule has 0 saturated carbocycles. The Bertz CT molecular complexity index is 1390. The topological polar surface area (TPSA) is 112 Å². The summed E-state index contributed by atoms with van der Waals surface area (Å²) in [5, 5.41) is 11.1. The third kappa shape index (κ3) is 5.80. The van der Waals surface area contributed by atoms with Crippen molar-refractivity contribution < 1.29 is 19.1 Å². The van der Waals surface area contributed by atoms with Gasteiger partial charge in [-0.25, -0.2) is 9.78 Å². The molecule has 0 spiro atoms. The number of hydrogen-bond donors (Lipinski definition) is 2. The van der Waals surface area contributed by atoms with Crippen LogP contribution in [0.25, 0.3) is 11.0 Å². The van der Waals surface area contributed by atoms with Crippen molar-refractivity contribution in [3.8, 4) is 0 Å². The van der Waals surface area contributed by atoms with E-state index in [1.165, 1.54) is 19.8 Å². The minimum atomic E-state index is -0.550. The van der Waals surface area contributed by atoms with E-state index in [9.17, 15) is 9.59 Å². The van der Waals surface area contributed by atoms with Crippen LogP contribution in [-0.4, -0.2) is 52.0 Å². The van der Waals surface area contributed by atoms with Crippen LogP contribution in [0.1, 0.15) is 33.7 Å². The van der Waals surface area contributed by atoms with E-state index in [-0.39, 0.29) is 18.2 Å². The van der Waals surface area contributed by atoms with Gasteiger partial charge in [0, 0.05) is 43.9 Å². The van der Waals surface area contributed by atoms with E-state index < -0.39 is 5.97 Å². The summed E-state index contributed by atoms with van der Waals surface area (Å²) in [6.45, 7) is 2.94. The van der Waals surface area contributed by atoms with Crippen LogP contribution in [0.15, 0.2) is 48.8 Å². The standard InChI is InChI=1S/C27H32N6O4/c1-18-20(15-30-32(18)2)14-28-21-13-22-24(31-23(34)17-36-3)25(27(35)37-4)33(26(22)29-16-21)12-8-11-19-9-6-5-7-10-19/h5-7,9-10,13,15-16,28H,8,11-12,14,17H2,1-4H3,(H,31,34). The Morgan fingerprint density at radius 3 is 2.57 bits per heavy atom. The van der Waals surface area contributed by atoms with E-state index in [4.69, 9.17) is 9.47 Å². The molecular weight excluding hydrogens is 472 g/mol. The lowest BCUT2D eigenvalue weighted by molar-refractivity contribution is -0.119. The van der Waals surface area contributed by atoms with Crippen molar-refractivity contribution in [3.05, 3.63) is 71.3 Å². The third-order valence-electron chi connectivity index (χ3n) is 6.33. The molecule has 4 aromatic rings. The number of nitrogens with one attached hydrogen (secondary N) is 2. The molecule has 3 aromatic heterocycles. The number of aryl methyl sites for hydroxylation is 3. The average Bonchev–Trinajstić information content (AvgIpc) is 3.38. The Morgan fingerprint density at radius 1 is 1.11 bits per heavy atom. The normalized spacial score (nSPS) is 11.0. The summed E-state index contributed by atoms with van der Waals surface area (Å²) < 4.78 is 13.7. The number of carbonyl (C=O) groups is 2. The third-order valence-corrected chi connectivity index (χ3v) is 6.33. The summed E-state index contributed by atoms with van der Waals surface area (Å²) in [6.07, 6.45) is 5.15. The van der Waals surface area contributed by atoms with Crippen molar-refractivity contribution in [3.63, 3.8) is 0 Å². The quantitative estimate of drug-likeness (QED) is 0.300. The molecule has 194 valence electrons. The molecule has 0 saturated heterocycles. The molecule has 4 rings (SSSR count). The molecule has 3 heterocycles. The number of rotatable bonds is 11. The largest absolute Gasteiger partial charge is 0.464 e. The Kier molecular flexibility index (Phi) is 8.19. The van der Waals surface area contributed by atoms with Crippen molar-refractivity contribution in [2.75, 3.05) is 31.5 Å². The number of fused-ring (bicyclic) bond motifs is 1. The number of carbonyl (C=O) groups excluding carboxylic acids is 2. The number of esters is 1. The Morgan fingerprint density at radius 2 is 1.89 bits per heavy atom. The zero-order valence-electron chi connectivity index (χ0n) is 21.6. The summed E-state index contributed by atoms with van der Waals surface area (Å²) in [7, 11) is 4.67. The molecule has 0 aliphatic rings. The first-order valence-electron chi connectivity index (χ1n) is 12.1. The number of pyridine rings is 1. The minimum absolute atomic E-state index is 0.146. The molecule has 0 unspecified atom stereocenters. The van der Waals surface area contributed by atoms with Crippen molar-refractivity contribution in [1.29, 1.82) is 0 Å². The number of benzene rings is 1. The summed E-state index contributed by atoms with van der Waals surface area (Å²) in [5.74, 6) is -0.925. The molecule has 10 nitrogen and oxygen atoms in total. The molecule has 0 radical (unpaired) electrons. The highest BCUT2D eigenvalue weighted by Crippen LogP contribution is 2.33. The molecule has 37 heavy (non-hydrogen) atoms. The molecular formula is C27H32N6O4. The van der Waals surface area contributed by atoms with Crippen molar-refractivity contribution in [2.24, 2.45) is 7.05 Å². The summed E-state index contributed by atoms with van der Waals surface area (Å²) in [5.41, 5.74) is 5.27. The van der Waals surface area contributed by atoms with Gasteiger partial charge >= 0.3 is 5.97 Å². The van der Waals surface area contributed by atoms with Crippen LogP contribution < -0.4 is 10.6 Å². The molecule has 0 aliphatic carbocycles. The maximum atomic E-state index is 13.0. The highest BCUT2D eigenvalue weighted by molar-refractivity contribution is 6.11. The smallest absolute Gasteiger partial charge is 0.356 e. The van der Waals surface area contributed by atoms with Crippen LogP contribution in [0.3, 0.4) is 0 Å². The molecule has 2 N–H and O–H groups in total. The van der Waals surface area contributed by atoms with Gasteiger partial charge in [-0.2, -0.15) is 5.10 Å². The molecule has 0 atom stereocenters. The number of methoxy groups -OCH3 is 2. The van der Waals surface area contributed by atoms with Crippen molar-refractivity contribution >= 4 is 34.3 Å². The van der Waals surface area contributed by atoms with Gasteiger partial charge in [-0.15, -0.1) is 0 Å². The van der Waals surface area contributed by atoms with Gasteiger partial charge in [0.15, 0.2) is 5.69 Å². The zero-order chi connectivity index (χ0) is 26.4. The molecule has 0 aliphatic heterocycles. The van der Waals surface area contributed by atoms with Gasteiger partial charge in [0.2, 0.25) is 5.91 Å². The van der Waals surface area contributed by atoms with Crippen LogP contribution in [0.2, 0.25) is 0 Å². The van der Waals surface area contributed by atoms with E-state index in [2.05, 4.69) is 32.8 Å². The maximum absolute atomic E-state index is 13.0. The van der Waals surface area contributed by atoms with E-state index in [0.717, 1.165) is 29.8 Å². The highest BCUT2D eigenvalue weighted by Gasteiger charge is 2.26. The van der Waals surface area contributed by atoms with Gasteiger partial charge in [0.05, 0.1) is 30.9 Å². The molecule has 10 heteroatoms. The van der Waals surface area contributed by atoms with Gasteiger partial charge in [-0.1, -0.05) is 30.3 Å². The van der Waals surface area contributed by atoms with Gasteiger partial charge in [0.1, 0.15) is 12.3 Å². The summed E-state index contributed by atoms with van der Waals surface area (Å²) in [6, 6.07) is 12.0. The van der Waals surface area contributed by atoms with Crippen LogP contribution in [0.5, 0.6) is 0 Å². The first kappa shape index (κ1) is 25.9. The van der Waals surface area contributed by atoms with Crippen LogP contribution in [0.4, 0.5) is 11.4 Å². The maximum Gasteiger partial charge on any atom is 0.356 e. The molecule has 1 amide bonds. The fraction of sp³-hybridized carbons (Fsp3) is 0.333. The van der Waals surface area contributed by atoms with Crippen molar-refractivity contribution in [2.45, 2.75) is 32.9 Å². The molecule has 0 fully saturated rings. The number of aromatic nitrogens is 4. The van der Waals surface area contributed by atoms with E-state index in [1.807, 2.05) is 53.7 Å². The molecule has 0 bridgehead atoms. The van der Waals surface area contributed by atoms with E-state index in [0.29, 0.717) is 29.8 Å². The van der Waals surface area contributed by atoms with Crippen LogP contribution >= 0.6 is 0 Å². The minimum Gasteiger partial charge on any atom is -0.464 e. The first-order chi connectivity index (χ1) is 17.9. The monoisotopic (exact) mass is 504 g/mol. The lowest BCUT2D eigenvalue weighted by Crippen LogP contribution is -2.20. The number of anilines is 2. The van der Waals surface area contributed by atoms with Gasteiger partial charge in [0.25, 0.3) is 0 Å². The SMILES string of the molecule is COCC(=O)Nc1c(C(=O)OC)n(CCCc2ccccc2)c2ncc(NCc3cnn(C)c3C)cc12. The highest BCUT2D eigenvalue weighted by atomic mass is 16.5. The lowest BCUT2D eigenvalue weighted by atomic mass is 10.1. The second-order valence-corrected chi connectivity index (χ2v) is 8.76. The number of nitrogens with zero attached hydrogens (tertiary/aromatic N) is 4. The van der Waals surface area contributed by atoms with E-state index in [1.54, 1.807) is 6.20 Å². The van der Waals surface area contributed by atoms with Crippen LogP contribution in [0, 0.1) is 6.92 Å². The second-order valence-electron chi connectivity index (χ2n) is 8.76. The predicted molar refractivity (Wildman–Crippen MR) is 142 cm³/mol. The van der Waals surface area contributed by atoms with Crippen LogP contribution in [-0.2, 0) is 40.8 Å². The van der Waals surface area contributed by atoms with E-state index >= 15 is 0 Å². The predicted octanol–water partition coefficient (Wildman–Crippen LogP) is 3.69. The van der Waals surface area contributed by atoms with Crippen molar-refractivity contribution in [1.82, 2.24) is 19.3 Å². The fourth-order valence-corrected chi connectivity index (χ4v) is 4.28. The Hall–Kier alpha value is -4.18. The second kappa shape index (κ2) is 11.7. The van der Waals surface area contributed by atoms with Gasteiger partial charge < -0.3 is 24.7 Å². The number of hydrogen-bond acceptors (Lipinski definition) is 7. The summed E-state index contributed by atoms with van der Waals surface area (Å²) >= 11 is 0. The van der Waals surface area contributed by atoms with Gasteiger partial charge in [-0.05, 0) is 31.4 Å². The lowest BCUT2D eigenvalue weighted by Gasteiger charge is -2.11. The number of ether oxygens (including phenoxy) is 2. The zero-order valence-corrected chi connectivity index (χ0v) is 21.6. The van der Waals surface area contributed by atoms with Gasteiger partial charge in [-0.3, -0.25) is 9.48 Å². The number of amides is 1. The fourth-order valence-electron chi connectivity index (χ4n) is 4.28. The molecule has 1 aromatic carbocycles.